The Labute approximate surface area is 200 Å². The van der Waals surface area contributed by atoms with Gasteiger partial charge in [-0.1, -0.05) is 12.1 Å². The van der Waals surface area contributed by atoms with Gasteiger partial charge in [-0.2, -0.15) is 4.31 Å². The third kappa shape index (κ3) is 5.55. The van der Waals surface area contributed by atoms with Crippen LogP contribution in [0.25, 0.3) is 6.08 Å². The molecule has 1 amide bonds. The van der Waals surface area contributed by atoms with Gasteiger partial charge in [-0.15, -0.1) is 0 Å². The summed E-state index contributed by atoms with van der Waals surface area (Å²) in [7, 11) is -3.53. The van der Waals surface area contributed by atoms with Gasteiger partial charge in [0.2, 0.25) is 15.9 Å². The van der Waals surface area contributed by atoms with Crippen molar-refractivity contribution in [3.05, 3.63) is 65.7 Å². The maximum Gasteiger partial charge on any atom is 0.246 e. The van der Waals surface area contributed by atoms with Gasteiger partial charge in [0.1, 0.15) is 0 Å². The van der Waals surface area contributed by atoms with E-state index in [4.69, 9.17) is 4.74 Å². The lowest BCUT2D eigenvalue weighted by Gasteiger charge is -2.35. The van der Waals surface area contributed by atoms with Gasteiger partial charge in [0, 0.05) is 56.6 Å². The Kier molecular flexibility index (Phi) is 7.45. The van der Waals surface area contributed by atoms with Crippen LogP contribution in [0.2, 0.25) is 0 Å². The summed E-state index contributed by atoms with van der Waals surface area (Å²) in [5.74, 6) is -0.0290. The number of ether oxygens (including phenoxy) is 1. The average Bonchev–Trinajstić information content (AvgIpc) is 2.88. The van der Waals surface area contributed by atoms with Gasteiger partial charge in [-0.3, -0.25) is 9.59 Å². The number of amides is 1. The van der Waals surface area contributed by atoms with E-state index in [1.807, 2.05) is 24.3 Å². The van der Waals surface area contributed by atoms with Crippen LogP contribution in [-0.2, 0) is 19.6 Å². The molecule has 0 spiro atoms. The SMILES string of the molecule is CC(=O)c1ccc(N2CCN(C(=O)C=Cc3ccc(S(=O)(=O)N4CCOCC4)cc3)CC2)cc1. The molecule has 180 valence electrons. The highest BCUT2D eigenvalue weighted by Crippen LogP contribution is 2.20. The molecule has 0 aromatic heterocycles. The number of nitrogens with zero attached hydrogens (tertiary/aromatic N) is 3. The molecular weight excluding hydrogens is 454 g/mol. The van der Waals surface area contributed by atoms with Crippen LogP contribution in [0.5, 0.6) is 0 Å². The predicted molar refractivity (Wildman–Crippen MR) is 130 cm³/mol. The molecule has 2 saturated heterocycles. The summed E-state index contributed by atoms with van der Waals surface area (Å²) in [6.45, 7) is 5.72. The highest BCUT2D eigenvalue weighted by molar-refractivity contribution is 7.89. The van der Waals surface area contributed by atoms with E-state index >= 15 is 0 Å². The number of carbonyl (C=O) groups excluding carboxylic acids is 2. The second-order valence-electron chi connectivity index (χ2n) is 8.33. The van der Waals surface area contributed by atoms with Crippen molar-refractivity contribution < 1.29 is 22.7 Å². The summed E-state index contributed by atoms with van der Waals surface area (Å²) in [5, 5.41) is 0. The summed E-state index contributed by atoms with van der Waals surface area (Å²) in [4.78, 5) is 28.3. The van der Waals surface area contributed by atoms with Gasteiger partial charge in [0.15, 0.2) is 5.78 Å². The number of rotatable bonds is 6. The van der Waals surface area contributed by atoms with Crippen LogP contribution in [0.15, 0.2) is 59.5 Å². The van der Waals surface area contributed by atoms with Crippen LogP contribution < -0.4 is 4.90 Å². The highest BCUT2D eigenvalue weighted by Gasteiger charge is 2.26. The topological polar surface area (TPSA) is 87.2 Å². The lowest BCUT2D eigenvalue weighted by atomic mass is 10.1. The quantitative estimate of drug-likeness (QED) is 0.463. The molecule has 2 aromatic rings. The molecule has 0 aliphatic carbocycles. The monoisotopic (exact) mass is 483 g/mol. The fourth-order valence-corrected chi connectivity index (χ4v) is 5.46. The van der Waals surface area contributed by atoms with Crippen LogP contribution >= 0.6 is 0 Å². The average molecular weight is 484 g/mol. The molecule has 0 saturated carbocycles. The Balaban J connectivity index is 1.31. The summed E-state index contributed by atoms with van der Waals surface area (Å²) < 4.78 is 32.1. The van der Waals surface area contributed by atoms with Crippen LogP contribution in [0.3, 0.4) is 0 Å². The Hall–Kier alpha value is -3.01. The second-order valence-corrected chi connectivity index (χ2v) is 10.3. The number of piperazine rings is 1. The normalized spacial score (nSPS) is 17.8. The van der Waals surface area contributed by atoms with Gasteiger partial charge in [0.25, 0.3) is 0 Å². The number of benzene rings is 2. The van der Waals surface area contributed by atoms with E-state index < -0.39 is 10.0 Å². The van der Waals surface area contributed by atoms with Crippen molar-refractivity contribution in [1.29, 1.82) is 0 Å². The molecule has 0 atom stereocenters. The highest BCUT2D eigenvalue weighted by atomic mass is 32.2. The summed E-state index contributed by atoms with van der Waals surface area (Å²) in [5.41, 5.74) is 2.49. The van der Waals surface area contributed by atoms with Crippen LogP contribution in [0.4, 0.5) is 5.69 Å². The van der Waals surface area contributed by atoms with Gasteiger partial charge < -0.3 is 14.5 Å². The molecule has 0 N–H and O–H groups in total. The van der Waals surface area contributed by atoms with Gasteiger partial charge in [-0.25, -0.2) is 8.42 Å². The van der Waals surface area contributed by atoms with Crippen LogP contribution in [-0.4, -0.2) is 81.8 Å². The Morgan fingerprint density at radius 3 is 2.06 bits per heavy atom. The number of sulfonamides is 1. The minimum Gasteiger partial charge on any atom is -0.379 e. The Morgan fingerprint density at radius 1 is 0.853 bits per heavy atom. The van der Waals surface area contributed by atoms with E-state index in [0.717, 1.165) is 11.3 Å². The molecule has 2 heterocycles. The zero-order valence-corrected chi connectivity index (χ0v) is 20.0. The molecule has 4 rings (SSSR count). The Morgan fingerprint density at radius 2 is 1.47 bits per heavy atom. The van der Waals surface area contributed by atoms with Crippen molar-refractivity contribution in [3.8, 4) is 0 Å². The van der Waals surface area contributed by atoms with Crippen LogP contribution in [0.1, 0.15) is 22.8 Å². The van der Waals surface area contributed by atoms with Crippen LogP contribution in [0, 0.1) is 0 Å². The minimum atomic E-state index is -3.53. The molecule has 8 nitrogen and oxygen atoms in total. The summed E-state index contributed by atoms with van der Waals surface area (Å²) >= 11 is 0. The van der Waals surface area contributed by atoms with E-state index in [1.54, 1.807) is 42.2 Å². The summed E-state index contributed by atoms with van der Waals surface area (Å²) in [6, 6.07) is 14.1. The minimum absolute atomic E-state index is 0.0436. The molecule has 2 fully saturated rings. The number of morpholine rings is 1. The number of hydrogen-bond acceptors (Lipinski definition) is 6. The number of ketones is 1. The van der Waals surface area contributed by atoms with E-state index in [2.05, 4.69) is 4.90 Å². The van der Waals surface area contributed by atoms with Crippen molar-refractivity contribution in [3.63, 3.8) is 0 Å². The third-order valence-electron chi connectivity index (χ3n) is 6.14. The van der Waals surface area contributed by atoms with Gasteiger partial charge in [-0.05, 0) is 55.0 Å². The fraction of sp³-hybridized carbons (Fsp3) is 0.360. The maximum atomic E-state index is 12.7. The molecule has 0 bridgehead atoms. The maximum absolute atomic E-state index is 12.7. The largest absolute Gasteiger partial charge is 0.379 e. The van der Waals surface area contributed by atoms with E-state index in [1.165, 1.54) is 10.4 Å². The fourth-order valence-electron chi connectivity index (χ4n) is 4.05. The van der Waals surface area contributed by atoms with Crippen molar-refractivity contribution in [1.82, 2.24) is 9.21 Å². The first-order valence-electron chi connectivity index (χ1n) is 11.4. The second kappa shape index (κ2) is 10.5. The van der Waals surface area contributed by atoms with Crippen molar-refractivity contribution in [2.75, 3.05) is 57.4 Å². The lowest BCUT2D eigenvalue weighted by molar-refractivity contribution is -0.126. The molecule has 2 aromatic carbocycles. The van der Waals surface area contributed by atoms with Crippen molar-refractivity contribution >= 4 is 33.5 Å². The van der Waals surface area contributed by atoms with E-state index in [0.29, 0.717) is 58.0 Å². The number of Topliss-reactive ketones (excluding diaryl/α,β-unsaturated/α-hetero) is 1. The third-order valence-corrected chi connectivity index (χ3v) is 8.05. The molecule has 0 unspecified atom stereocenters. The first-order valence-corrected chi connectivity index (χ1v) is 12.8. The van der Waals surface area contributed by atoms with Gasteiger partial charge >= 0.3 is 0 Å². The Bertz CT molecular complexity index is 1150. The molecule has 0 radical (unpaired) electrons. The number of anilines is 1. The molecule has 2 aliphatic heterocycles. The standard InChI is InChI=1S/C25H29N3O5S/c1-20(29)22-5-7-23(8-6-22)26-12-14-27(15-13-26)25(30)11-4-21-2-9-24(10-3-21)34(31,32)28-16-18-33-19-17-28/h2-11H,12-19H2,1H3. The van der Waals surface area contributed by atoms with Crippen molar-refractivity contribution in [2.45, 2.75) is 11.8 Å². The molecule has 9 heteroatoms. The van der Waals surface area contributed by atoms with Gasteiger partial charge in [0.05, 0.1) is 18.1 Å². The van der Waals surface area contributed by atoms with E-state index in [-0.39, 0.29) is 16.6 Å². The summed E-state index contributed by atoms with van der Waals surface area (Å²) in [6.07, 6.45) is 3.24. The zero-order valence-electron chi connectivity index (χ0n) is 19.2. The molecular formula is C25H29N3O5S. The predicted octanol–water partition coefficient (Wildman–Crippen LogP) is 2.27. The van der Waals surface area contributed by atoms with E-state index in [9.17, 15) is 18.0 Å². The molecule has 2 aliphatic rings. The smallest absolute Gasteiger partial charge is 0.246 e. The molecule has 34 heavy (non-hydrogen) atoms. The number of carbonyl (C=O) groups is 2. The van der Waals surface area contributed by atoms with Crippen molar-refractivity contribution in [2.24, 2.45) is 0 Å². The first-order chi connectivity index (χ1) is 16.3. The zero-order chi connectivity index (χ0) is 24.1. The lowest BCUT2D eigenvalue weighted by Crippen LogP contribution is -2.48. The first kappa shape index (κ1) is 24.1. The number of hydrogen-bond donors (Lipinski definition) is 0.